The van der Waals surface area contributed by atoms with Crippen LogP contribution in [0.15, 0.2) is 22.9 Å². The molecule has 446 valence electrons. The molecular formula is C40H30F34S3. The summed E-state index contributed by atoms with van der Waals surface area (Å²) in [5.74, 6) is -118. The number of alkyl halides is 34. The minimum atomic E-state index is -8.96. The van der Waals surface area contributed by atoms with Crippen LogP contribution in [0.5, 0.6) is 0 Å². The zero-order valence-corrected chi connectivity index (χ0v) is 39.9. The third kappa shape index (κ3) is 10.2. The number of thiophene rings is 3. The molecule has 3 aromatic heterocycles. The molecule has 0 spiro atoms. The van der Waals surface area contributed by atoms with Gasteiger partial charge in [0, 0.05) is 41.4 Å². The molecule has 0 saturated heterocycles. The summed E-state index contributed by atoms with van der Waals surface area (Å²) in [5, 5.41) is -0.705. The molecule has 37 heteroatoms. The van der Waals surface area contributed by atoms with Gasteiger partial charge in [0.05, 0.1) is 0 Å². The Bertz CT molecular complexity index is 2310. The Balaban J connectivity index is 2.33. The van der Waals surface area contributed by atoms with E-state index in [1.807, 2.05) is 0 Å². The van der Waals surface area contributed by atoms with E-state index in [4.69, 9.17) is 0 Å². The molecule has 0 aliphatic heterocycles. The van der Waals surface area contributed by atoms with Crippen LogP contribution in [0.2, 0.25) is 0 Å². The molecular weight excluding hydrogens is 1220 g/mol. The molecule has 0 aliphatic rings. The van der Waals surface area contributed by atoms with Crippen molar-refractivity contribution in [2.45, 2.75) is 173 Å². The van der Waals surface area contributed by atoms with E-state index in [2.05, 4.69) is 0 Å². The maximum atomic E-state index is 15.5. The van der Waals surface area contributed by atoms with Crippen molar-refractivity contribution in [1.29, 1.82) is 0 Å². The standard InChI is InChI=1S/C40H30F34S3/c1-3-5-7-9-11-19-20(12-10-8-6-4-2)24(22-14-18(16-76-22)26(43,44)28(47,48)30(51,52)32(55,56)34(59,60)36(63,64)38(67,68)40(72,73)74)77-23(19)21-13-17(15-75-21)25(41,42)27(45,46)29(49,50)31(53,54)33(57,58)35(61,62)37(65,66)39(69,70)71/h13-16H,3-12H2,1-2H3. The highest BCUT2D eigenvalue weighted by molar-refractivity contribution is 7.26. The monoisotopic (exact) mass is 1250 g/mol. The van der Waals surface area contributed by atoms with E-state index in [1.54, 1.807) is 13.8 Å². The normalized spacial score (nSPS) is 15.5. The van der Waals surface area contributed by atoms with Gasteiger partial charge in [-0.15, -0.1) is 34.0 Å². The molecule has 0 fully saturated rings. The quantitative estimate of drug-likeness (QED) is 0.0555. The predicted octanol–water partition coefficient (Wildman–Crippen LogP) is 20.4. The summed E-state index contributed by atoms with van der Waals surface area (Å²) in [6.45, 7) is 3.25. The van der Waals surface area contributed by atoms with Crippen molar-refractivity contribution in [3.63, 3.8) is 0 Å². The first-order valence-electron chi connectivity index (χ1n) is 20.8. The van der Waals surface area contributed by atoms with Crippen LogP contribution in [0.4, 0.5) is 149 Å². The SMILES string of the molecule is CCCCCCc1c(-c2cc(C(F)(F)C(F)(F)C(F)(F)C(F)(F)C(F)(F)C(F)(F)C(F)(F)C(F)(F)F)cs2)sc(-c2cc(C(F)(F)C(F)(F)C(F)(F)C(F)(F)C(F)(F)C(F)(F)C(F)(F)C(F)(F)F)cs2)c1CCCCCC. The van der Waals surface area contributed by atoms with E-state index in [9.17, 15) is 114 Å². The summed E-state index contributed by atoms with van der Waals surface area (Å²) < 4.78 is 479. The van der Waals surface area contributed by atoms with Gasteiger partial charge in [-0.3, -0.25) is 0 Å². The minimum Gasteiger partial charge on any atom is -0.194 e. The Kier molecular flexibility index (Phi) is 18.5. The van der Waals surface area contributed by atoms with Gasteiger partial charge in [-0.25, -0.2) is 0 Å². The molecule has 0 unspecified atom stereocenters. The minimum absolute atomic E-state index is 0.0408. The first-order chi connectivity index (χ1) is 34.1. The maximum Gasteiger partial charge on any atom is 0.460 e. The summed E-state index contributed by atoms with van der Waals surface area (Å²) in [7, 11) is 0. The first kappa shape index (κ1) is 68.0. The van der Waals surface area contributed by atoms with Crippen LogP contribution in [0.1, 0.15) is 87.5 Å². The van der Waals surface area contributed by atoms with Gasteiger partial charge < -0.3 is 0 Å². The smallest absolute Gasteiger partial charge is 0.194 e. The second-order valence-electron chi connectivity index (χ2n) is 16.8. The number of hydrogen-bond acceptors (Lipinski definition) is 3. The highest BCUT2D eigenvalue weighted by Crippen LogP contribution is 2.68. The van der Waals surface area contributed by atoms with Gasteiger partial charge in [-0.05, 0) is 48.9 Å². The van der Waals surface area contributed by atoms with Crippen molar-refractivity contribution in [3.05, 3.63) is 45.1 Å². The fraction of sp³-hybridized carbons (Fsp3) is 0.700. The van der Waals surface area contributed by atoms with E-state index in [-0.39, 0.29) is 107 Å². The molecule has 0 aliphatic carbocycles. The Labute approximate surface area is 420 Å². The second-order valence-corrected chi connectivity index (χ2v) is 19.6. The summed E-state index contributed by atoms with van der Waals surface area (Å²) in [5.41, 5.74) is -5.81. The molecule has 3 rings (SSSR count). The lowest BCUT2D eigenvalue weighted by Crippen LogP contribution is -2.74. The lowest BCUT2D eigenvalue weighted by Gasteiger charge is -2.42. The number of halogens is 34. The summed E-state index contributed by atoms with van der Waals surface area (Å²) >= 11 is -0.570. The summed E-state index contributed by atoms with van der Waals surface area (Å²) in [6, 6.07) is -0.686. The largest absolute Gasteiger partial charge is 0.460 e. The lowest BCUT2D eigenvalue weighted by molar-refractivity contribution is -0.462. The average molecular weight is 1250 g/mol. The number of unbranched alkanes of at least 4 members (excludes halogenated alkanes) is 6. The Morgan fingerprint density at radius 2 is 0.532 bits per heavy atom. The molecule has 0 amide bonds. The Morgan fingerprint density at radius 1 is 0.299 bits per heavy atom. The molecule has 0 nitrogen and oxygen atoms in total. The second kappa shape index (κ2) is 20.9. The fourth-order valence-corrected chi connectivity index (χ4v) is 10.4. The zero-order chi connectivity index (χ0) is 60.6. The lowest BCUT2D eigenvalue weighted by atomic mass is 9.87. The summed E-state index contributed by atoms with van der Waals surface area (Å²) in [4.78, 5) is -3.17. The predicted molar refractivity (Wildman–Crippen MR) is 206 cm³/mol. The average Bonchev–Trinajstić information content (AvgIpc) is 4.05. The van der Waals surface area contributed by atoms with Gasteiger partial charge >= 0.3 is 95.3 Å². The van der Waals surface area contributed by atoms with Crippen molar-refractivity contribution >= 4 is 34.0 Å². The van der Waals surface area contributed by atoms with Crippen LogP contribution in [0.25, 0.3) is 19.5 Å². The van der Waals surface area contributed by atoms with Crippen LogP contribution < -0.4 is 0 Å². The Morgan fingerprint density at radius 3 is 0.766 bits per heavy atom. The molecule has 0 saturated carbocycles. The third-order valence-corrected chi connectivity index (χ3v) is 15.0. The van der Waals surface area contributed by atoms with Crippen molar-refractivity contribution in [1.82, 2.24) is 0 Å². The van der Waals surface area contributed by atoms with Gasteiger partial charge in [0.1, 0.15) is 0 Å². The van der Waals surface area contributed by atoms with E-state index >= 15 is 35.1 Å². The fourth-order valence-electron chi connectivity index (χ4n) is 6.81. The Hall–Kier alpha value is -3.28. The van der Waals surface area contributed by atoms with E-state index in [0.29, 0.717) is 25.7 Å². The molecule has 0 atom stereocenters. The number of hydrogen-bond donors (Lipinski definition) is 0. The van der Waals surface area contributed by atoms with Crippen LogP contribution in [-0.2, 0) is 24.7 Å². The van der Waals surface area contributed by atoms with E-state index in [1.165, 1.54) is 0 Å². The molecule has 0 N–H and O–H groups in total. The highest BCUT2D eigenvalue weighted by Gasteiger charge is 2.97. The van der Waals surface area contributed by atoms with E-state index in [0.717, 1.165) is 0 Å². The molecule has 3 aromatic rings. The first-order valence-corrected chi connectivity index (χ1v) is 23.4. The van der Waals surface area contributed by atoms with Crippen molar-refractivity contribution in [3.8, 4) is 19.5 Å². The molecule has 0 bridgehead atoms. The van der Waals surface area contributed by atoms with Crippen LogP contribution >= 0.6 is 34.0 Å². The molecule has 0 aromatic carbocycles. The van der Waals surface area contributed by atoms with Gasteiger partial charge in [0.2, 0.25) is 0 Å². The molecule has 77 heavy (non-hydrogen) atoms. The molecule has 3 heterocycles. The third-order valence-electron chi connectivity index (χ3n) is 11.5. The summed E-state index contributed by atoms with van der Waals surface area (Å²) in [6.07, 6.45) is -14.9. The van der Waals surface area contributed by atoms with Crippen LogP contribution in [0.3, 0.4) is 0 Å². The van der Waals surface area contributed by atoms with Gasteiger partial charge in [0.25, 0.3) is 0 Å². The zero-order valence-electron chi connectivity index (χ0n) is 37.5. The van der Waals surface area contributed by atoms with Crippen molar-refractivity contribution in [2.24, 2.45) is 0 Å². The van der Waals surface area contributed by atoms with Crippen molar-refractivity contribution in [2.75, 3.05) is 0 Å². The number of rotatable bonds is 26. The van der Waals surface area contributed by atoms with Crippen LogP contribution in [0, 0.1) is 0 Å². The molecule has 0 radical (unpaired) electrons. The van der Waals surface area contributed by atoms with Gasteiger partial charge in [-0.2, -0.15) is 149 Å². The van der Waals surface area contributed by atoms with Gasteiger partial charge in [-0.1, -0.05) is 52.4 Å². The van der Waals surface area contributed by atoms with Crippen LogP contribution in [-0.4, -0.2) is 83.4 Å². The maximum absolute atomic E-state index is 15.5. The van der Waals surface area contributed by atoms with Gasteiger partial charge in [0.15, 0.2) is 0 Å². The van der Waals surface area contributed by atoms with E-state index < -0.39 is 126 Å². The highest BCUT2D eigenvalue weighted by atomic mass is 32.1. The van der Waals surface area contributed by atoms with Crippen molar-refractivity contribution < 1.29 is 149 Å². The topological polar surface area (TPSA) is 0 Å².